The lowest BCUT2D eigenvalue weighted by molar-refractivity contribution is 0.111. The Balaban J connectivity index is 0.00000338. The highest BCUT2D eigenvalue weighted by Crippen LogP contribution is 2.26. The Morgan fingerprint density at radius 2 is 2.19 bits per heavy atom. The number of carbonyl (C=O) groups is 1. The number of thiophene rings is 1. The largest absolute Gasteiger partial charge is 0.453 e. The van der Waals surface area contributed by atoms with Crippen molar-refractivity contribution in [1.82, 2.24) is 15.5 Å². The number of amides is 1. The highest BCUT2D eigenvalue weighted by Gasteiger charge is 2.23. The average Bonchev–Trinajstić information content (AvgIpc) is 3.06. The summed E-state index contributed by atoms with van der Waals surface area (Å²) in [5, 5.41) is 16.8. The van der Waals surface area contributed by atoms with Crippen LogP contribution in [0.15, 0.2) is 17.1 Å². The van der Waals surface area contributed by atoms with Crippen molar-refractivity contribution in [2.75, 3.05) is 33.3 Å². The first-order chi connectivity index (χ1) is 12.0. The van der Waals surface area contributed by atoms with Gasteiger partial charge in [-0.3, -0.25) is 4.99 Å². The molecular formula is C16H26ClIN4O3S. The van der Waals surface area contributed by atoms with Crippen molar-refractivity contribution in [1.29, 1.82) is 0 Å². The molecule has 0 spiro atoms. The molecule has 148 valence electrons. The second-order valence-corrected chi connectivity index (χ2v) is 7.50. The molecule has 1 amide bonds. The van der Waals surface area contributed by atoms with Gasteiger partial charge in [0.2, 0.25) is 0 Å². The van der Waals surface area contributed by atoms with E-state index in [0.29, 0.717) is 23.4 Å². The van der Waals surface area contributed by atoms with Gasteiger partial charge in [-0.1, -0.05) is 11.6 Å². The molecule has 1 aliphatic rings. The van der Waals surface area contributed by atoms with Gasteiger partial charge in [0, 0.05) is 30.6 Å². The van der Waals surface area contributed by atoms with Crippen LogP contribution in [0.1, 0.15) is 30.7 Å². The van der Waals surface area contributed by atoms with Crippen molar-refractivity contribution >= 4 is 59.0 Å². The van der Waals surface area contributed by atoms with Crippen LogP contribution >= 0.6 is 46.9 Å². The van der Waals surface area contributed by atoms with Gasteiger partial charge >= 0.3 is 6.09 Å². The minimum atomic E-state index is -0.672. The van der Waals surface area contributed by atoms with Crippen LogP contribution in [0.3, 0.4) is 0 Å². The SMILES string of the molecule is CCNC(=NCC(O)c1ccc(Cl)s1)NC1CCN(C(=O)OC)CC1.I. The zero-order chi connectivity index (χ0) is 18.2. The maximum Gasteiger partial charge on any atom is 0.409 e. The molecule has 2 rings (SSSR count). The van der Waals surface area contributed by atoms with Gasteiger partial charge in [0.05, 0.1) is 18.0 Å². The van der Waals surface area contributed by atoms with Crippen LogP contribution in [0.5, 0.6) is 0 Å². The highest BCUT2D eigenvalue weighted by molar-refractivity contribution is 14.0. The number of aliphatic hydroxyl groups is 1. The first-order valence-corrected chi connectivity index (χ1v) is 9.54. The van der Waals surface area contributed by atoms with Gasteiger partial charge in [-0.25, -0.2) is 4.79 Å². The number of rotatable bonds is 5. The molecule has 1 unspecified atom stereocenters. The van der Waals surface area contributed by atoms with Crippen molar-refractivity contribution in [3.8, 4) is 0 Å². The number of halogens is 2. The fourth-order valence-corrected chi connectivity index (χ4v) is 3.66. The Morgan fingerprint density at radius 3 is 2.73 bits per heavy atom. The molecule has 1 aromatic heterocycles. The predicted octanol–water partition coefficient (Wildman–Crippen LogP) is 2.84. The van der Waals surface area contributed by atoms with E-state index < -0.39 is 6.10 Å². The van der Waals surface area contributed by atoms with E-state index in [1.807, 2.05) is 13.0 Å². The molecular weight excluding hydrogens is 491 g/mol. The Bertz CT molecular complexity index is 594. The van der Waals surface area contributed by atoms with Gasteiger partial charge in [-0.05, 0) is 31.9 Å². The molecule has 0 radical (unpaired) electrons. The van der Waals surface area contributed by atoms with Gasteiger partial charge in [0.1, 0.15) is 6.10 Å². The van der Waals surface area contributed by atoms with E-state index in [9.17, 15) is 9.90 Å². The summed E-state index contributed by atoms with van der Waals surface area (Å²) in [6, 6.07) is 3.82. The third-order valence-corrected chi connectivity index (χ3v) is 5.29. The standard InChI is InChI=1S/C16H25ClN4O3S.HI/c1-3-18-15(19-10-12(22)13-4-5-14(17)25-13)20-11-6-8-21(9-7-11)16(23)24-2;/h4-5,11-12,22H,3,6-10H2,1-2H3,(H2,18,19,20);1H. The number of nitrogens with one attached hydrogen (secondary N) is 2. The molecule has 1 fully saturated rings. The second-order valence-electron chi connectivity index (χ2n) is 5.75. The number of methoxy groups -OCH3 is 1. The number of hydrogen-bond donors (Lipinski definition) is 3. The van der Waals surface area contributed by atoms with Crippen molar-refractivity contribution in [3.05, 3.63) is 21.3 Å². The summed E-state index contributed by atoms with van der Waals surface area (Å²) in [6.45, 7) is 4.29. The summed E-state index contributed by atoms with van der Waals surface area (Å²) in [5.74, 6) is 0.667. The normalized spacial score (nSPS) is 16.6. The van der Waals surface area contributed by atoms with E-state index >= 15 is 0 Å². The Hall–Kier alpha value is -0.780. The number of likely N-dealkylation sites (tertiary alicyclic amines) is 1. The summed E-state index contributed by atoms with van der Waals surface area (Å²) in [6.07, 6.45) is 0.691. The summed E-state index contributed by atoms with van der Waals surface area (Å²) >= 11 is 7.26. The van der Waals surface area contributed by atoms with E-state index in [4.69, 9.17) is 16.3 Å². The van der Waals surface area contributed by atoms with E-state index in [2.05, 4.69) is 15.6 Å². The third-order valence-electron chi connectivity index (χ3n) is 3.96. The molecule has 26 heavy (non-hydrogen) atoms. The fourth-order valence-electron chi connectivity index (χ4n) is 2.62. The van der Waals surface area contributed by atoms with E-state index in [0.717, 1.165) is 24.3 Å². The van der Waals surface area contributed by atoms with Gasteiger partial charge < -0.3 is 25.4 Å². The molecule has 10 heteroatoms. The predicted molar refractivity (Wildman–Crippen MR) is 116 cm³/mol. The lowest BCUT2D eigenvalue weighted by Crippen LogP contribution is -2.49. The number of aliphatic hydroxyl groups excluding tert-OH is 1. The Morgan fingerprint density at radius 1 is 1.50 bits per heavy atom. The molecule has 0 aromatic carbocycles. The van der Waals surface area contributed by atoms with Gasteiger partial charge in [0.15, 0.2) is 5.96 Å². The summed E-state index contributed by atoms with van der Waals surface area (Å²) < 4.78 is 5.40. The van der Waals surface area contributed by atoms with E-state index in [-0.39, 0.29) is 42.7 Å². The first kappa shape index (κ1) is 23.3. The molecule has 1 saturated heterocycles. The summed E-state index contributed by atoms with van der Waals surface area (Å²) in [5.41, 5.74) is 0. The number of hydrogen-bond acceptors (Lipinski definition) is 5. The van der Waals surface area contributed by atoms with Crippen molar-refractivity contribution in [2.24, 2.45) is 4.99 Å². The molecule has 0 aliphatic carbocycles. The van der Waals surface area contributed by atoms with Gasteiger partial charge in [-0.15, -0.1) is 35.3 Å². The Labute approximate surface area is 180 Å². The maximum absolute atomic E-state index is 11.5. The lowest BCUT2D eigenvalue weighted by Gasteiger charge is -2.32. The van der Waals surface area contributed by atoms with Crippen molar-refractivity contribution < 1.29 is 14.6 Å². The van der Waals surface area contributed by atoms with E-state index in [1.165, 1.54) is 18.4 Å². The smallest absolute Gasteiger partial charge is 0.409 e. The first-order valence-electron chi connectivity index (χ1n) is 8.34. The maximum atomic E-state index is 11.5. The number of aliphatic imine (C=N–C) groups is 1. The average molecular weight is 517 g/mol. The van der Waals surface area contributed by atoms with Crippen LogP contribution in [0.4, 0.5) is 4.79 Å². The van der Waals surface area contributed by atoms with Crippen LogP contribution in [-0.4, -0.2) is 61.4 Å². The van der Waals surface area contributed by atoms with E-state index in [1.54, 1.807) is 11.0 Å². The van der Waals surface area contributed by atoms with Crippen LogP contribution in [0.25, 0.3) is 0 Å². The summed E-state index contributed by atoms with van der Waals surface area (Å²) in [4.78, 5) is 18.5. The Kier molecular flexibility index (Phi) is 10.6. The van der Waals surface area contributed by atoms with Gasteiger partial charge in [0.25, 0.3) is 0 Å². The van der Waals surface area contributed by atoms with Crippen LogP contribution in [0, 0.1) is 0 Å². The number of nitrogens with zero attached hydrogens (tertiary/aromatic N) is 2. The number of carbonyl (C=O) groups excluding carboxylic acids is 1. The fraction of sp³-hybridized carbons (Fsp3) is 0.625. The van der Waals surface area contributed by atoms with Crippen LogP contribution in [0.2, 0.25) is 4.34 Å². The molecule has 0 saturated carbocycles. The molecule has 1 atom stereocenters. The van der Waals surface area contributed by atoms with Crippen LogP contribution in [-0.2, 0) is 4.74 Å². The van der Waals surface area contributed by atoms with Crippen molar-refractivity contribution in [2.45, 2.75) is 31.9 Å². The number of piperidine rings is 1. The summed E-state index contributed by atoms with van der Waals surface area (Å²) in [7, 11) is 1.40. The van der Waals surface area contributed by atoms with Gasteiger partial charge in [-0.2, -0.15) is 0 Å². The molecule has 7 nitrogen and oxygen atoms in total. The zero-order valence-corrected chi connectivity index (χ0v) is 18.8. The van der Waals surface area contributed by atoms with Crippen molar-refractivity contribution in [3.63, 3.8) is 0 Å². The number of ether oxygens (including phenoxy) is 1. The molecule has 1 aromatic rings. The third kappa shape index (κ3) is 7.09. The second kappa shape index (κ2) is 11.8. The van der Waals surface area contributed by atoms with Crippen LogP contribution < -0.4 is 10.6 Å². The monoisotopic (exact) mass is 516 g/mol. The zero-order valence-electron chi connectivity index (χ0n) is 14.9. The minimum Gasteiger partial charge on any atom is -0.453 e. The lowest BCUT2D eigenvalue weighted by atomic mass is 10.1. The molecule has 3 N–H and O–H groups in total. The quantitative estimate of drug-likeness (QED) is 0.318. The number of guanidine groups is 1. The topological polar surface area (TPSA) is 86.2 Å². The molecule has 0 bridgehead atoms. The molecule has 2 heterocycles. The highest BCUT2D eigenvalue weighted by atomic mass is 127. The minimum absolute atomic E-state index is 0. The molecule has 1 aliphatic heterocycles.